The van der Waals surface area contributed by atoms with Gasteiger partial charge in [0.05, 0.1) is 0 Å². The number of rotatable bonds is 2. The van der Waals surface area contributed by atoms with Gasteiger partial charge in [-0.25, -0.2) is 0 Å². The Labute approximate surface area is 123 Å². The van der Waals surface area contributed by atoms with Crippen molar-refractivity contribution in [2.24, 2.45) is 16.5 Å². The largest absolute Gasteiger partial charge is 0.370 e. The highest BCUT2D eigenvalue weighted by atomic mass is 35.5. The van der Waals surface area contributed by atoms with Gasteiger partial charge >= 0.3 is 0 Å². The maximum atomic E-state index is 11.8. The summed E-state index contributed by atoms with van der Waals surface area (Å²) < 4.78 is 0. The number of amides is 1. The Kier molecular flexibility index (Phi) is 5.29. The van der Waals surface area contributed by atoms with Crippen LogP contribution in [0.4, 0.5) is 0 Å². The van der Waals surface area contributed by atoms with Crippen molar-refractivity contribution in [3.8, 4) is 11.1 Å². The fourth-order valence-electron chi connectivity index (χ4n) is 1.84. The highest BCUT2D eigenvalue weighted by molar-refractivity contribution is 6.02. The van der Waals surface area contributed by atoms with Crippen LogP contribution in [0.5, 0.6) is 0 Å². The van der Waals surface area contributed by atoms with Gasteiger partial charge in [0, 0.05) is 5.56 Å². The van der Waals surface area contributed by atoms with Crippen molar-refractivity contribution in [2.75, 3.05) is 0 Å². The van der Waals surface area contributed by atoms with E-state index in [0.717, 1.165) is 11.1 Å². The second kappa shape index (κ2) is 6.73. The molecule has 2 rings (SSSR count). The fraction of sp³-hybridized carbons (Fsp3) is 0.0667. The molecule has 0 unspecified atom stereocenters. The van der Waals surface area contributed by atoms with Gasteiger partial charge < -0.3 is 11.5 Å². The van der Waals surface area contributed by atoms with Crippen molar-refractivity contribution in [1.29, 1.82) is 0 Å². The predicted molar refractivity (Wildman–Crippen MR) is 84.0 cm³/mol. The minimum atomic E-state index is -0.436. The topological polar surface area (TPSA) is 81.5 Å². The van der Waals surface area contributed by atoms with Crippen LogP contribution in [-0.4, -0.2) is 11.9 Å². The number of carbonyl (C=O) groups excluding carboxylic acids is 1. The number of halogens is 1. The first-order valence-electron chi connectivity index (χ1n) is 5.87. The van der Waals surface area contributed by atoms with Crippen molar-refractivity contribution in [2.45, 2.75) is 6.92 Å². The summed E-state index contributed by atoms with van der Waals surface area (Å²) >= 11 is 0. The minimum Gasteiger partial charge on any atom is -0.370 e. The molecule has 1 amide bonds. The molecule has 0 aromatic heterocycles. The molecule has 0 bridgehead atoms. The number of nitrogens with zero attached hydrogens (tertiary/aromatic N) is 1. The molecule has 20 heavy (non-hydrogen) atoms. The molecule has 2 aromatic carbocycles. The smallest absolute Gasteiger partial charge is 0.280 e. The summed E-state index contributed by atoms with van der Waals surface area (Å²) in [7, 11) is 0. The first-order valence-corrected chi connectivity index (χ1v) is 5.87. The summed E-state index contributed by atoms with van der Waals surface area (Å²) in [6, 6.07) is 15.3. The zero-order chi connectivity index (χ0) is 13.8. The number of aliphatic imine (C=N–C) groups is 1. The molecule has 0 aliphatic heterocycles. The lowest BCUT2D eigenvalue weighted by Crippen LogP contribution is -2.24. The highest BCUT2D eigenvalue weighted by Gasteiger charge is 2.06. The van der Waals surface area contributed by atoms with Gasteiger partial charge in [0.1, 0.15) is 0 Å². The average Bonchev–Trinajstić information content (AvgIpc) is 2.38. The van der Waals surface area contributed by atoms with Gasteiger partial charge in [0.2, 0.25) is 0 Å². The van der Waals surface area contributed by atoms with E-state index < -0.39 is 5.91 Å². The molecule has 0 aliphatic rings. The van der Waals surface area contributed by atoms with Crippen LogP contribution in [0, 0.1) is 6.92 Å². The fourth-order valence-corrected chi connectivity index (χ4v) is 1.84. The Morgan fingerprint density at radius 2 is 1.60 bits per heavy atom. The number of hydrogen-bond acceptors (Lipinski definition) is 1. The molecule has 5 heteroatoms. The Hall–Kier alpha value is -2.33. The molecule has 0 aliphatic carbocycles. The highest BCUT2D eigenvalue weighted by Crippen LogP contribution is 2.21. The van der Waals surface area contributed by atoms with Gasteiger partial charge in [-0.2, -0.15) is 4.99 Å². The van der Waals surface area contributed by atoms with Crippen LogP contribution in [0.3, 0.4) is 0 Å². The van der Waals surface area contributed by atoms with Crippen molar-refractivity contribution in [3.63, 3.8) is 0 Å². The lowest BCUT2D eigenvalue weighted by Gasteiger charge is -2.04. The Morgan fingerprint density at radius 3 is 2.20 bits per heavy atom. The van der Waals surface area contributed by atoms with Crippen molar-refractivity contribution >= 4 is 24.3 Å². The summed E-state index contributed by atoms with van der Waals surface area (Å²) in [5, 5.41) is 0. The second-order valence-corrected chi connectivity index (χ2v) is 4.29. The zero-order valence-corrected chi connectivity index (χ0v) is 11.9. The van der Waals surface area contributed by atoms with Crippen LogP contribution >= 0.6 is 12.4 Å². The standard InChI is InChI=1S/C15H15N3O.ClH/c1-10-4-2-5-11(8-10)12-6-3-7-13(9-12)14(19)18-15(16)17;/h2-9H,1H3,(H4,16,17,18,19);1H. The van der Waals surface area contributed by atoms with Crippen molar-refractivity contribution < 1.29 is 4.79 Å². The third-order valence-corrected chi connectivity index (χ3v) is 2.69. The third kappa shape index (κ3) is 3.83. The summed E-state index contributed by atoms with van der Waals surface area (Å²) in [5.41, 5.74) is 14.1. The summed E-state index contributed by atoms with van der Waals surface area (Å²) in [5.74, 6) is -0.666. The maximum absolute atomic E-state index is 11.8. The molecular weight excluding hydrogens is 274 g/mol. The van der Waals surface area contributed by atoms with E-state index >= 15 is 0 Å². The molecule has 0 atom stereocenters. The van der Waals surface area contributed by atoms with E-state index in [2.05, 4.69) is 11.1 Å². The maximum Gasteiger partial charge on any atom is 0.280 e. The van der Waals surface area contributed by atoms with Crippen LogP contribution in [-0.2, 0) is 0 Å². The molecule has 0 fully saturated rings. The van der Waals surface area contributed by atoms with Crippen LogP contribution in [0.2, 0.25) is 0 Å². The molecule has 104 valence electrons. The quantitative estimate of drug-likeness (QED) is 0.658. The molecule has 0 saturated heterocycles. The number of hydrogen-bond donors (Lipinski definition) is 2. The molecule has 2 aromatic rings. The molecule has 0 radical (unpaired) electrons. The second-order valence-electron chi connectivity index (χ2n) is 4.29. The van der Waals surface area contributed by atoms with E-state index in [-0.39, 0.29) is 18.4 Å². The van der Waals surface area contributed by atoms with E-state index in [4.69, 9.17) is 11.5 Å². The van der Waals surface area contributed by atoms with Gasteiger partial charge in [0.15, 0.2) is 5.96 Å². The predicted octanol–water partition coefficient (Wildman–Crippen LogP) is 2.50. The first kappa shape index (κ1) is 15.7. The zero-order valence-electron chi connectivity index (χ0n) is 11.0. The lowest BCUT2D eigenvalue weighted by atomic mass is 10.0. The van der Waals surface area contributed by atoms with E-state index in [1.54, 1.807) is 12.1 Å². The first-order chi connectivity index (χ1) is 9.06. The number of nitrogens with two attached hydrogens (primary N) is 2. The Balaban J connectivity index is 0.00000200. The Bertz CT molecular complexity index is 649. The monoisotopic (exact) mass is 289 g/mol. The van der Waals surface area contributed by atoms with Crippen LogP contribution in [0.15, 0.2) is 53.5 Å². The molecule has 0 heterocycles. The minimum absolute atomic E-state index is 0. The van der Waals surface area contributed by atoms with E-state index in [9.17, 15) is 4.79 Å². The van der Waals surface area contributed by atoms with Gasteiger partial charge in [-0.05, 0) is 30.2 Å². The van der Waals surface area contributed by atoms with Gasteiger partial charge in [-0.1, -0.05) is 42.0 Å². The van der Waals surface area contributed by atoms with E-state index in [1.807, 2.05) is 37.3 Å². The molecule has 0 saturated carbocycles. The van der Waals surface area contributed by atoms with Crippen molar-refractivity contribution in [3.05, 3.63) is 59.7 Å². The van der Waals surface area contributed by atoms with Crippen LogP contribution in [0.1, 0.15) is 15.9 Å². The number of benzene rings is 2. The summed E-state index contributed by atoms with van der Waals surface area (Å²) in [6.07, 6.45) is 0. The molecule has 4 N–H and O–H groups in total. The Morgan fingerprint density at radius 1 is 1.00 bits per heavy atom. The van der Waals surface area contributed by atoms with Crippen LogP contribution < -0.4 is 11.5 Å². The molecule has 0 spiro atoms. The van der Waals surface area contributed by atoms with E-state index in [1.165, 1.54) is 5.56 Å². The SMILES string of the molecule is Cc1cccc(-c2cccc(C(=O)N=C(N)N)c2)c1.Cl. The lowest BCUT2D eigenvalue weighted by molar-refractivity contribution is 0.100. The average molecular weight is 290 g/mol. The number of aryl methyl sites for hydroxylation is 1. The number of guanidine groups is 1. The van der Waals surface area contributed by atoms with Crippen molar-refractivity contribution in [1.82, 2.24) is 0 Å². The third-order valence-electron chi connectivity index (χ3n) is 2.69. The summed E-state index contributed by atoms with van der Waals surface area (Å²) in [4.78, 5) is 15.3. The van der Waals surface area contributed by atoms with Gasteiger partial charge in [0.25, 0.3) is 5.91 Å². The summed E-state index contributed by atoms with van der Waals surface area (Å²) in [6.45, 7) is 2.03. The van der Waals surface area contributed by atoms with Crippen LogP contribution in [0.25, 0.3) is 11.1 Å². The van der Waals surface area contributed by atoms with Gasteiger partial charge in [-0.3, -0.25) is 4.79 Å². The number of carbonyl (C=O) groups is 1. The van der Waals surface area contributed by atoms with Gasteiger partial charge in [-0.15, -0.1) is 12.4 Å². The van der Waals surface area contributed by atoms with E-state index in [0.29, 0.717) is 5.56 Å². The molecule has 4 nitrogen and oxygen atoms in total. The normalized spacial score (nSPS) is 9.45. The molecular formula is C15H16ClN3O.